The predicted molar refractivity (Wildman–Crippen MR) is 74.8 cm³/mol. The molecule has 1 fully saturated rings. The van der Waals surface area contributed by atoms with E-state index in [1.54, 1.807) is 4.90 Å². The van der Waals surface area contributed by atoms with Gasteiger partial charge in [-0.2, -0.15) is 0 Å². The first-order valence-electron chi connectivity index (χ1n) is 7.19. The Morgan fingerprint density at radius 3 is 3.30 bits per heavy atom. The molecule has 1 atom stereocenters. The molecule has 1 unspecified atom stereocenters. The lowest BCUT2D eigenvalue weighted by Gasteiger charge is -2.18. The Hall–Kier alpha value is -1.46. The van der Waals surface area contributed by atoms with Gasteiger partial charge < -0.3 is 14.4 Å². The normalized spacial score (nSPS) is 21.2. The van der Waals surface area contributed by atoms with Crippen LogP contribution >= 0.6 is 0 Å². The van der Waals surface area contributed by atoms with Crippen LogP contribution < -0.4 is 4.90 Å². The molecule has 20 heavy (non-hydrogen) atoms. The van der Waals surface area contributed by atoms with Gasteiger partial charge in [0.2, 0.25) is 0 Å². The lowest BCUT2D eigenvalue weighted by molar-refractivity contribution is -0.124. The molecule has 1 aromatic rings. The van der Waals surface area contributed by atoms with Crippen molar-refractivity contribution in [1.29, 1.82) is 0 Å². The van der Waals surface area contributed by atoms with E-state index >= 15 is 0 Å². The maximum atomic E-state index is 12.2. The Bertz CT molecular complexity index is 498. The lowest BCUT2D eigenvalue weighted by Crippen LogP contribution is -2.33. The number of pyridine rings is 1. The summed E-state index contributed by atoms with van der Waals surface area (Å²) in [5.41, 5.74) is 3.02. The van der Waals surface area contributed by atoms with Crippen molar-refractivity contribution in [1.82, 2.24) is 4.98 Å². The quantitative estimate of drug-likeness (QED) is 0.835. The zero-order valence-electron chi connectivity index (χ0n) is 11.8. The summed E-state index contributed by atoms with van der Waals surface area (Å²) in [6, 6.07) is 2.02. The van der Waals surface area contributed by atoms with Gasteiger partial charge in [-0.25, -0.2) is 0 Å². The molecule has 5 heteroatoms. The van der Waals surface area contributed by atoms with E-state index in [2.05, 4.69) is 4.98 Å². The number of ether oxygens (including phenoxy) is 2. The third-order valence-electron chi connectivity index (χ3n) is 3.80. The Morgan fingerprint density at radius 1 is 1.60 bits per heavy atom. The molecule has 2 aliphatic rings. The summed E-state index contributed by atoms with van der Waals surface area (Å²) in [4.78, 5) is 18.4. The molecular formula is C15H20N2O3. The second-order valence-corrected chi connectivity index (χ2v) is 5.42. The van der Waals surface area contributed by atoms with E-state index in [4.69, 9.17) is 9.47 Å². The lowest BCUT2D eigenvalue weighted by atomic mass is 10.2. The van der Waals surface area contributed by atoms with E-state index in [1.165, 1.54) is 0 Å². The van der Waals surface area contributed by atoms with Crippen LogP contribution in [0.5, 0.6) is 0 Å². The summed E-state index contributed by atoms with van der Waals surface area (Å²) in [7, 11) is 0. The zero-order valence-corrected chi connectivity index (χ0v) is 11.8. The van der Waals surface area contributed by atoms with Crippen molar-refractivity contribution < 1.29 is 14.3 Å². The van der Waals surface area contributed by atoms with Gasteiger partial charge in [0.25, 0.3) is 5.91 Å². The monoisotopic (exact) mass is 276 g/mol. The van der Waals surface area contributed by atoms with Crippen LogP contribution in [0.4, 0.5) is 5.69 Å². The maximum Gasteiger partial charge on any atom is 0.253 e. The zero-order chi connectivity index (χ0) is 13.9. The molecule has 0 spiro atoms. The SMILES string of the molecule is Cc1cnc2c(c1)N(C(=O)COCC1CCCO1)CC2. The number of rotatable bonds is 4. The molecule has 0 bridgehead atoms. The Kier molecular flexibility index (Phi) is 3.98. The molecule has 5 nitrogen and oxygen atoms in total. The minimum Gasteiger partial charge on any atom is -0.376 e. The summed E-state index contributed by atoms with van der Waals surface area (Å²) in [6.07, 6.45) is 4.96. The van der Waals surface area contributed by atoms with Gasteiger partial charge in [-0.1, -0.05) is 0 Å². The molecule has 0 aliphatic carbocycles. The van der Waals surface area contributed by atoms with Gasteiger partial charge in [-0.3, -0.25) is 9.78 Å². The first kappa shape index (κ1) is 13.5. The van der Waals surface area contributed by atoms with Crippen LogP contribution in [-0.4, -0.2) is 43.4 Å². The number of amides is 1. The molecule has 0 N–H and O–H groups in total. The second-order valence-electron chi connectivity index (χ2n) is 5.42. The minimum absolute atomic E-state index is 0.00847. The molecule has 0 radical (unpaired) electrons. The van der Waals surface area contributed by atoms with Crippen LogP contribution in [0, 0.1) is 6.92 Å². The fraction of sp³-hybridized carbons (Fsp3) is 0.600. The van der Waals surface area contributed by atoms with Crippen molar-refractivity contribution in [3.05, 3.63) is 23.5 Å². The first-order chi connectivity index (χ1) is 9.74. The van der Waals surface area contributed by atoms with Crippen LogP contribution in [0.1, 0.15) is 24.1 Å². The van der Waals surface area contributed by atoms with E-state index in [9.17, 15) is 4.79 Å². The average molecular weight is 276 g/mol. The highest BCUT2D eigenvalue weighted by molar-refractivity contribution is 5.96. The number of carbonyl (C=O) groups is 1. The maximum absolute atomic E-state index is 12.2. The minimum atomic E-state index is 0.00847. The molecule has 3 heterocycles. The van der Waals surface area contributed by atoms with Crippen LogP contribution in [-0.2, 0) is 20.7 Å². The van der Waals surface area contributed by atoms with Gasteiger partial charge in [0.1, 0.15) is 6.61 Å². The number of aryl methyl sites for hydroxylation is 1. The van der Waals surface area contributed by atoms with Crippen LogP contribution in [0.3, 0.4) is 0 Å². The summed E-state index contributed by atoms with van der Waals surface area (Å²) >= 11 is 0. The number of nitrogens with zero attached hydrogens (tertiary/aromatic N) is 2. The number of hydrogen-bond acceptors (Lipinski definition) is 4. The van der Waals surface area contributed by atoms with Crippen molar-refractivity contribution in [3.63, 3.8) is 0 Å². The largest absolute Gasteiger partial charge is 0.376 e. The standard InChI is InChI=1S/C15H20N2O3/c1-11-7-14-13(16-8-11)4-5-17(14)15(18)10-19-9-12-3-2-6-20-12/h7-8,12H,2-6,9-10H2,1H3. The number of aromatic nitrogens is 1. The molecule has 1 saturated heterocycles. The Labute approximate surface area is 118 Å². The third kappa shape index (κ3) is 2.83. The topological polar surface area (TPSA) is 51.7 Å². The van der Waals surface area contributed by atoms with Crippen LogP contribution in [0.15, 0.2) is 12.3 Å². The Morgan fingerprint density at radius 2 is 2.50 bits per heavy atom. The number of anilines is 1. The molecule has 0 aromatic carbocycles. The number of carbonyl (C=O) groups excluding carboxylic acids is 1. The third-order valence-corrected chi connectivity index (χ3v) is 3.80. The van der Waals surface area contributed by atoms with Gasteiger partial charge in [-0.05, 0) is 31.4 Å². The van der Waals surface area contributed by atoms with Crippen LogP contribution in [0.25, 0.3) is 0 Å². The van der Waals surface area contributed by atoms with E-state index in [-0.39, 0.29) is 18.6 Å². The molecule has 1 amide bonds. The average Bonchev–Trinajstić information content (AvgIpc) is 3.07. The highest BCUT2D eigenvalue weighted by Crippen LogP contribution is 2.27. The molecule has 108 valence electrons. The van der Waals surface area contributed by atoms with Crippen molar-refractivity contribution in [3.8, 4) is 0 Å². The summed E-state index contributed by atoms with van der Waals surface area (Å²) in [5.74, 6) is 0.00847. The van der Waals surface area contributed by atoms with Gasteiger partial charge in [0.05, 0.1) is 24.1 Å². The molecule has 0 saturated carbocycles. The van der Waals surface area contributed by atoms with E-state index in [0.717, 1.165) is 42.8 Å². The van der Waals surface area contributed by atoms with E-state index in [0.29, 0.717) is 13.2 Å². The summed E-state index contributed by atoms with van der Waals surface area (Å²) in [5, 5.41) is 0. The van der Waals surface area contributed by atoms with Gasteiger partial charge >= 0.3 is 0 Å². The van der Waals surface area contributed by atoms with E-state index in [1.807, 2.05) is 19.2 Å². The Balaban J connectivity index is 1.55. The fourth-order valence-electron chi connectivity index (χ4n) is 2.74. The van der Waals surface area contributed by atoms with Crippen molar-refractivity contribution in [2.45, 2.75) is 32.3 Å². The summed E-state index contributed by atoms with van der Waals surface area (Å²) < 4.78 is 11.0. The summed E-state index contributed by atoms with van der Waals surface area (Å²) in [6.45, 7) is 4.13. The highest BCUT2D eigenvalue weighted by Gasteiger charge is 2.26. The van der Waals surface area contributed by atoms with Crippen LogP contribution in [0.2, 0.25) is 0 Å². The molecule has 1 aromatic heterocycles. The molecular weight excluding hydrogens is 256 g/mol. The van der Waals surface area contributed by atoms with Gasteiger partial charge in [0.15, 0.2) is 0 Å². The highest BCUT2D eigenvalue weighted by atomic mass is 16.5. The van der Waals surface area contributed by atoms with E-state index < -0.39 is 0 Å². The number of hydrogen-bond donors (Lipinski definition) is 0. The second kappa shape index (κ2) is 5.89. The van der Waals surface area contributed by atoms with Crippen molar-refractivity contribution in [2.24, 2.45) is 0 Å². The van der Waals surface area contributed by atoms with Crippen molar-refractivity contribution in [2.75, 3.05) is 31.3 Å². The number of fused-ring (bicyclic) bond motifs is 1. The fourth-order valence-corrected chi connectivity index (χ4v) is 2.74. The van der Waals surface area contributed by atoms with Gasteiger partial charge in [-0.15, -0.1) is 0 Å². The van der Waals surface area contributed by atoms with Crippen molar-refractivity contribution >= 4 is 11.6 Å². The smallest absolute Gasteiger partial charge is 0.253 e. The first-order valence-corrected chi connectivity index (χ1v) is 7.19. The van der Waals surface area contributed by atoms with Gasteiger partial charge in [0, 0.05) is 25.8 Å². The molecule has 3 rings (SSSR count). The predicted octanol–water partition coefficient (Wildman–Crippen LogP) is 1.47. The molecule has 2 aliphatic heterocycles.